The van der Waals surface area contributed by atoms with Gasteiger partial charge in [-0.25, -0.2) is 4.79 Å². The Morgan fingerprint density at radius 1 is 1.33 bits per heavy atom. The summed E-state index contributed by atoms with van der Waals surface area (Å²) in [5, 5.41) is 10.6. The molecule has 3 nitrogen and oxygen atoms in total. The Balaban J connectivity index is 2.54. The maximum absolute atomic E-state index is 12.0. The van der Waals surface area contributed by atoms with Gasteiger partial charge in [0, 0.05) is 11.1 Å². The Morgan fingerprint density at radius 3 is 2.62 bits per heavy atom. The maximum atomic E-state index is 12.0. The fraction of sp³-hybridized carbons (Fsp3) is 0.444. The van der Waals surface area contributed by atoms with E-state index in [2.05, 4.69) is 20.8 Å². The number of nitrogens with zero attached hydrogens (tertiary/aromatic N) is 1. The number of fused-ring (bicyclic) bond motifs is 2. The van der Waals surface area contributed by atoms with Gasteiger partial charge in [0.1, 0.15) is 0 Å². The Morgan fingerprint density at radius 2 is 2.00 bits per heavy atom. The second kappa shape index (κ2) is 4.30. The molecule has 1 heterocycles. The summed E-state index contributed by atoms with van der Waals surface area (Å²) >= 11 is 0. The smallest absolute Gasteiger partial charge is 0.336 e. The minimum absolute atomic E-state index is 0.138. The molecule has 0 fully saturated rings. The SMILES string of the molecule is Cc1cc(C)c2c(C(=O)O)c3c(nc2c1)C(C)CC3(C)C. The predicted molar refractivity (Wildman–Crippen MR) is 84.2 cm³/mol. The van der Waals surface area contributed by atoms with Crippen LogP contribution in [-0.2, 0) is 5.41 Å². The minimum atomic E-state index is -0.840. The van der Waals surface area contributed by atoms with E-state index < -0.39 is 5.97 Å². The summed E-state index contributed by atoms with van der Waals surface area (Å²) in [5.41, 5.74) is 5.15. The van der Waals surface area contributed by atoms with Gasteiger partial charge >= 0.3 is 5.97 Å². The van der Waals surface area contributed by atoms with Gasteiger partial charge in [0.05, 0.1) is 11.1 Å². The van der Waals surface area contributed by atoms with Crippen LogP contribution in [0.4, 0.5) is 0 Å². The molecule has 1 aromatic carbocycles. The number of carbonyl (C=O) groups is 1. The van der Waals surface area contributed by atoms with Crippen LogP contribution in [0, 0.1) is 13.8 Å². The van der Waals surface area contributed by atoms with Crippen LogP contribution in [0.3, 0.4) is 0 Å². The molecule has 1 aliphatic carbocycles. The molecule has 1 atom stereocenters. The first kappa shape index (κ1) is 14.1. The summed E-state index contributed by atoms with van der Waals surface area (Å²) in [6, 6.07) is 4.03. The van der Waals surface area contributed by atoms with E-state index >= 15 is 0 Å². The lowest BCUT2D eigenvalue weighted by Gasteiger charge is -2.22. The van der Waals surface area contributed by atoms with Gasteiger partial charge in [-0.2, -0.15) is 0 Å². The fourth-order valence-corrected chi connectivity index (χ4v) is 4.02. The summed E-state index contributed by atoms with van der Waals surface area (Å²) in [7, 11) is 0. The van der Waals surface area contributed by atoms with E-state index in [1.165, 1.54) is 0 Å². The number of aromatic carboxylic acids is 1. The highest BCUT2D eigenvalue weighted by atomic mass is 16.4. The molecule has 1 unspecified atom stereocenters. The van der Waals surface area contributed by atoms with Crippen LogP contribution < -0.4 is 0 Å². The number of hydrogen-bond donors (Lipinski definition) is 1. The molecule has 2 aromatic rings. The van der Waals surface area contributed by atoms with Crippen molar-refractivity contribution in [2.75, 3.05) is 0 Å². The third kappa shape index (κ3) is 1.95. The molecule has 1 aliphatic rings. The first-order valence-electron chi connectivity index (χ1n) is 7.41. The molecule has 110 valence electrons. The van der Waals surface area contributed by atoms with Crippen molar-refractivity contribution in [3.8, 4) is 0 Å². The van der Waals surface area contributed by atoms with Crippen molar-refractivity contribution in [3.63, 3.8) is 0 Å². The number of aromatic nitrogens is 1. The molecular formula is C18H21NO2. The number of hydrogen-bond acceptors (Lipinski definition) is 2. The normalized spacial score (nSPS) is 19.8. The standard InChI is InChI=1S/C18H21NO2/c1-9-6-10(2)13-12(7-9)19-16-11(3)8-18(4,5)15(16)14(13)17(20)21/h6-7,11H,8H2,1-5H3,(H,20,21). The van der Waals surface area contributed by atoms with Gasteiger partial charge in [-0.05, 0) is 54.4 Å². The number of benzene rings is 1. The lowest BCUT2D eigenvalue weighted by atomic mass is 9.82. The number of aryl methyl sites for hydroxylation is 2. The zero-order valence-corrected chi connectivity index (χ0v) is 13.2. The summed E-state index contributed by atoms with van der Waals surface area (Å²) < 4.78 is 0. The van der Waals surface area contributed by atoms with Crippen LogP contribution >= 0.6 is 0 Å². The molecule has 3 heteroatoms. The lowest BCUT2D eigenvalue weighted by Crippen LogP contribution is -2.18. The molecule has 0 saturated heterocycles. The average Bonchev–Trinajstić information content (AvgIpc) is 2.56. The molecule has 3 rings (SSSR count). The van der Waals surface area contributed by atoms with Crippen LogP contribution in [0.5, 0.6) is 0 Å². The zero-order valence-electron chi connectivity index (χ0n) is 13.2. The van der Waals surface area contributed by atoms with Crippen LogP contribution in [0.15, 0.2) is 12.1 Å². The van der Waals surface area contributed by atoms with Gasteiger partial charge in [0.2, 0.25) is 0 Å². The topological polar surface area (TPSA) is 50.2 Å². The Bertz CT molecular complexity index is 775. The molecule has 1 aromatic heterocycles. The first-order chi connectivity index (χ1) is 9.72. The number of pyridine rings is 1. The number of carboxylic acid groups (broad SMARTS) is 1. The number of carboxylic acids is 1. The lowest BCUT2D eigenvalue weighted by molar-refractivity contribution is 0.0696. The molecule has 0 aliphatic heterocycles. The van der Waals surface area contributed by atoms with Crippen molar-refractivity contribution in [1.29, 1.82) is 0 Å². The molecule has 21 heavy (non-hydrogen) atoms. The molecule has 0 bridgehead atoms. The molecular weight excluding hydrogens is 262 g/mol. The van der Waals surface area contributed by atoms with E-state index in [1.54, 1.807) is 0 Å². The van der Waals surface area contributed by atoms with Crippen LogP contribution in [0.2, 0.25) is 0 Å². The number of rotatable bonds is 1. The highest BCUT2D eigenvalue weighted by Gasteiger charge is 2.40. The predicted octanol–water partition coefficient (Wildman–Crippen LogP) is 4.33. The van der Waals surface area contributed by atoms with E-state index in [9.17, 15) is 9.90 Å². The summed E-state index contributed by atoms with van der Waals surface area (Å²) in [5.74, 6) is -0.536. The van der Waals surface area contributed by atoms with Crippen LogP contribution in [-0.4, -0.2) is 16.1 Å². The Kier molecular flexibility index (Phi) is 2.88. The van der Waals surface area contributed by atoms with E-state index in [-0.39, 0.29) is 5.41 Å². The highest BCUT2D eigenvalue weighted by molar-refractivity contribution is 6.06. The maximum Gasteiger partial charge on any atom is 0.336 e. The average molecular weight is 283 g/mol. The highest BCUT2D eigenvalue weighted by Crippen LogP contribution is 2.48. The van der Waals surface area contributed by atoms with Gasteiger partial charge < -0.3 is 5.11 Å². The largest absolute Gasteiger partial charge is 0.478 e. The van der Waals surface area contributed by atoms with Crippen molar-refractivity contribution in [3.05, 3.63) is 40.1 Å². The van der Waals surface area contributed by atoms with Gasteiger partial charge in [-0.3, -0.25) is 4.98 Å². The minimum Gasteiger partial charge on any atom is -0.478 e. The molecule has 0 amide bonds. The van der Waals surface area contributed by atoms with Crippen molar-refractivity contribution in [2.45, 2.75) is 52.4 Å². The molecule has 0 saturated carbocycles. The van der Waals surface area contributed by atoms with Crippen LogP contribution in [0.1, 0.15) is 65.9 Å². The quantitative estimate of drug-likeness (QED) is 0.847. The van der Waals surface area contributed by atoms with E-state index in [1.807, 2.05) is 26.0 Å². The summed E-state index contributed by atoms with van der Waals surface area (Å²) in [6.45, 7) is 10.4. The Hall–Kier alpha value is -1.90. The van der Waals surface area contributed by atoms with Crippen molar-refractivity contribution < 1.29 is 9.90 Å². The van der Waals surface area contributed by atoms with E-state index in [0.29, 0.717) is 11.5 Å². The summed E-state index contributed by atoms with van der Waals surface area (Å²) in [6.07, 6.45) is 0.948. The fourth-order valence-electron chi connectivity index (χ4n) is 4.02. The van der Waals surface area contributed by atoms with Gasteiger partial charge in [0.15, 0.2) is 0 Å². The van der Waals surface area contributed by atoms with Crippen molar-refractivity contribution in [2.24, 2.45) is 0 Å². The molecule has 1 N–H and O–H groups in total. The Labute approximate surface area is 125 Å². The second-order valence-corrected chi connectivity index (χ2v) is 7.02. The van der Waals surface area contributed by atoms with E-state index in [4.69, 9.17) is 4.98 Å². The van der Waals surface area contributed by atoms with Crippen molar-refractivity contribution >= 4 is 16.9 Å². The first-order valence-corrected chi connectivity index (χ1v) is 7.41. The van der Waals surface area contributed by atoms with Crippen LogP contribution in [0.25, 0.3) is 10.9 Å². The summed E-state index contributed by atoms with van der Waals surface area (Å²) in [4.78, 5) is 16.8. The monoisotopic (exact) mass is 283 g/mol. The van der Waals surface area contributed by atoms with E-state index in [0.717, 1.165) is 39.7 Å². The van der Waals surface area contributed by atoms with Gasteiger partial charge in [-0.1, -0.05) is 26.8 Å². The van der Waals surface area contributed by atoms with Crippen molar-refractivity contribution in [1.82, 2.24) is 4.98 Å². The van der Waals surface area contributed by atoms with Gasteiger partial charge in [0.25, 0.3) is 0 Å². The second-order valence-electron chi connectivity index (χ2n) is 7.02. The van der Waals surface area contributed by atoms with Gasteiger partial charge in [-0.15, -0.1) is 0 Å². The molecule has 0 radical (unpaired) electrons. The third-order valence-corrected chi connectivity index (χ3v) is 4.63. The molecule has 0 spiro atoms. The third-order valence-electron chi connectivity index (χ3n) is 4.63. The zero-order chi connectivity index (χ0) is 15.5.